The first-order chi connectivity index (χ1) is 7.72. The first-order valence-corrected chi connectivity index (χ1v) is 7.38. The van der Waals surface area contributed by atoms with Crippen LogP contribution < -0.4 is 4.74 Å². The van der Waals surface area contributed by atoms with Gasteiger partial charge in [0.05, 0.1) is 6.61 Å². The van der Waals surface area contributed by atoms with Crippen molar-refractivity contribution >= 4 is 37.6 Å². The normalized spacial score (nSPS) is 10.2. The Labute approximate surface area is 113 Å². The van der Waals surface area contributed by atoms with Crippen molar-refractivity contribution in [1.29, 1.82) is 0 Å². The summed E-state index contributed by atoms with van der Waals surface area (Å²) >= 11 is 6.67. The van der Waals surface area contributed by atoms with Gasteiger partial charge < -0.3 is 4.74 Å². The van der Waals surface area contributed by atoms with Crippen molar-refractivity contribution in [3.8, 4) is 5.75 Å². The molecule has 2 nitrogen and oxygen atoms in total. The lowest BCUT2D eigenvalue weighted by Gasteiger charge is -2.09. The molecule has 0 aliphatic heterocycles. The summed E-state index contributed by atoms with van der Waals surface area (Å²) in [5.41, 5.74) is 1.76. The van der Waals surface area contributed by atoms with Crippen molar-refractivity contribution in [2.45, 2.75) is 18.7 Å². The number of hydrogen-bond donors (Lipinski definition) is 0. The summed E-state index contributed by atoms with van der Waals surface area (Å²) < 4.78 is 5.47. The molecular weight excluding hydrogens is 336 g/mol. The van der Waals surface area contributed by atoms with Crippen LogP contribution in [0, 0.1) is 0 Å². The lowest BCUT2D eigenvalue weighted by Crippen LogP contribution is -2.02. The molecule has 0 saturated carbocycles. The number of carbonyl (C=O) groups is 1. The Kier molecular flexibility index (Phi) is 6.06. The molecule has 0 unspecified atom stereocenters. The third-order valence-corrected chi connectivity index (χ3v) is 3.15. The molecule has 1 rings (SSSR count). The Balaban J connectivity index is 2.94. The zero-order valence-corrected chi connectivity index (χ0v) is 12.3. The van der Waals surface area contributed by atoms with Gasteiger partial charge in [0.25, 0.3) is 0 Å². The maximum absolute atomic E-state index is 11.7. The molecule has 1 aromatic carbocycles. The number of halogens is 2. The summed E-state index contributed by atoms with van der Waals surface area (Å²) in [5, 5.41) is 1.39. The first kappa shape index (κ1) is 13.7. The van der Waals surface area contributed by atoms with E-state index in [2.05, 4.69) is 31.9 Å². The molecule has 0 heterocycles. The molecule has 0 aliphatic carbocycles. The van der Waals surface area contributed by atoms with Crippen LogP contribution in [-0.2, 0) is 5.33 Å². The SMILES string of the molecule is CCOc1ccc(C(=O)CCBr)cc1CBr. The highest BCUT2D eigenvalue weighted by molar-refractivity contribution is 9.09. The van der Waals surface area contributed by atoms with Crippen LogP contribution in [0.5, 0.6) is 5.75 Å². The number of benzene rings is 1. The average molecular weight is 350 g/mol. The Morgan fingerprint density at radius 1 is 1.38 bits per heavy atom. The van der Waals surface area contributed by atoms with Crippen LogP contribution in [0.3, 0.4) is 0 Å². The molecule has 0 N–H and O–H groups in total. The number of Topliss-reactive ketones (excluding diaryl/α,β-unsaturated/α-hetero) is 1. The second-order valence-corrected chi connectivity index (χ2v) is 4.61. The molecule has 0 aliphatic rings. The number of hydrogen-bond acceptors (Lipinski definition) is 2. The highest BCUT2D eigenvalue weighted by atomic mass is 79.9. The van der Waals surface area contributed by atoms with Crippen molar-refractivity contribution < 1.29 is 9.53 Å². The molecule has 0 radical (unpaired) electrons. The average Bonchev–Trinajstić information content (AvgIpc) is 2.30. The zero-order chi connectivity index (χ0) is 12.0. The summed E-state index contributed by atoms with van der Waals surface area (Å²) in [4.78, 5) is 11.7. The number of alkyl halides is 2. The predicted octanol–water partition coefficient (Wildman–Crippen LogP) is 3.95. The zero-order valence-electron chi connectivity index (χ0n) is 9.13. The van der Waals surface area contributed by atoms with Gasteiger partial charge in [-0.15, -0.1) is 0 Å². The minimum absolute atomic E-state index is 0.155. The highest BCUT2D eigenvalue weighted by Crippen LogP contribution is 2.23. The maximum atomic E-state index is 11.7. The van der Waals surface area contributed by atoms with E-state index in [9.17, 15) is 4.79 Å². The van der Waals surface area contributed by atoms with Gasteiger partial charge in [-0.3, -0.25) is 4.79 Å². The van der Waals surface area contributed by atoms with Crippen LogP contribution in [0.1, 0.15) is 29.3 Å². The molecule has 88 valence electrons. The fraction of sp³-hybridized carbons (Fsp3) is 0.417. The summed E-state index contributed by atoms with van der Waals surface area (Å²) in [6, 6.07) is 5.58. The molecular formula is C12H14Br2O2. The molecule has 0 bridgehead atoms. The molecule has 0 saturated heterocycles. The highest BCUT2D eigenvalue weighted by Gasteiger charge is 2.09. The first-order valence-electron chi connectivity index (χ1n) is 5.13. The van der Waals surface area contributed by atoms with Gasteiger partial charge in [-0.2, -0.15) is 0 Å². The lowest BCUT2D eigenvalue weighted by molar-refractivity contribution is 0.0990. The number of rotatable bonds is 6. The van der Waals surface area contributed by atoms with E-state index in [1.54, 1.807) is 0 Å². The number of ketones is 1. The predicted molar refractivity (Wildman–Crippen MR) is 73.0 cm³/mol. The van der Waals surface area contributed by atoms with Crippen LogP contribution >= 0.6 is 31.9 Å². The third-order valence-electron chi connectivity index (χ3n) is 2.15. The van der Waals surface area contributed by atoms with Crippen LogP contribution in [0.2, 0.25) is 0 Å². The largest absolute Gasteiger partial charge is 0.494 e. The van der Waals surface area contributed by atoms with Crippen LogP contribution in [0.4, 0.5) is 0 Å². The second kappa shape index (κ2) is 7.07. The smallest absolute Gasteiger partial charge is 0.163 e. The van der Waals surface area contributed by atoms with Gasteiger partial charge in [0.2, 0.25) is 0 Å². The van der Waals surface area contributed by atoms with E-state index in [0.29, 0.717) is 23.7 Å². The molecule has 0 amide bonds. The van der Waals surface area contributed by atoms with Crippen molar-refractivity contribution in [2.75, 3.05) is 11.9 Å². The molecule has 0 spiro atoms. The van der Waals surface area contributed by atoms with Crippen LogP contribution in [0.25, 0.3) is 0 Å². The molecule has 0 aromatic heterocycles. The Morgan fingerprint density at radius 3 is 2.69 bits per heavy atom. The quantitative estimate of drug-likeness (QED) is 0.574. The summed E-state index contributed by atoms with van der Waals surface area (Å²) in [6.45, 7) is 2.58. The molecule has 0 fully saturated rings. The van der Waals surface area contributed by atoms with Gasteiger partial charge in [-0.05, 0) is 25.1 Å². The number of carbonyl (C=O) groups excluding carboxylic acids is 1. The van der Waals surface area contributed by atoms with Gasteiger partial charge in [0, 0.05) is 28.2 Å². The van der Waals surface area contributed by atoms with E-state index in [0.717, 1.165) is 16.9 Å². The van der Waals surface area contributed by atoms with E-state index < -0.39 is 0 Å². The van der Waals surface area contributed by atoms with E-state index >= 15 is 0 Å². The molecule has 1 aromatic rings. The number of ether oxygens (including phenoxy) is 1. The molecule has 16 heavy (non-hydrogen) atoms. The molecule has 0 atom stereocenters. The lowest BCUT2D eigenvalue weighted by atomic mass is 10.1. The minimum Gasteiger partial charge on any atom is -0.494 e. The fourth-order valence-electron chi connectivity index (χ4n) is 1.38. The fourth-order valence-corrected chi connectivity index (χ4v) is 2.18. The van der Waals surface area contributed by atoms with Gasteiger partial charge in [-0.1, -0.05) is 31.9 Å². The van der Waals surface area contributed by atoms with Crippen molar-refractivity contribution in [3.05, 3.63) is 29.3 Å². The van der Waals surface area contributed by atoms with Gasteiger partial charge in [0.1, 0.15) is 5.75 Å². The maximum Gasteiger partial charge on any atom is 0.163 e. The Hall–Kier alpha value is -0.350. The topological polar surface area (TPSA) is 26.3 Å². The second-order valence-electron chi connectivity index (χ2n) is 3.25. The Bertz CT molecular complexity index is 364. The van der Waals surface area contributed by atoms with E-state index in [-0.39, 0.29) is 5.78 Å². The van der Waals surface area contributed by atoms with Crippen molar-refractivity contribution in [1.82, 2.24) is 0 Å². The van der Waals surface area contributed by atoms with E-state index in [1.807, 2.05) is 25.1 Å². The molecule has 4 heteroatoms. The van der Waals surface area contributed by atoms with Gasteiger partial charge in [-0.25, -0.2) is 0 Å². The third kappa shape index (κ3) is 3.59. The Morgan fingerprint density at radius 2 is 2.12 bits per heavy atom. The van der Waals surface area contributed by atoms with Crippen LogP contribution in [-0.4, -0.2) is 17.7 Å². The van der Waals surface area contributed by atoms with E-state index in [4.69, 9.17) is 4.74 Å². The summed E-state index contributed by atoms with van der Waals surface area (Å²) in [7, 11) is 0. The minimum atomic E-state index is 0.155. The van der Waals surface area contributed by atoms with Crippen molar-refractivity contribution in [2.24, 2.45) is 0 Å². The van der Waals surface area contributed by atoms with Gasteiger partial charge in [0.15, 0.2) is 5.78 Å². The summed E-state index contributed by atoms with van der Waals surface area (Å²) in [5.74, 6) is 0.997. The van der Waals surface area contributed by atoms with Gasteiger partial charge >= 0.3 is 0 Å². The monoisotopic (exact) mass is 348 g/mol. The van der Waals surface area contributed by atoms with E-state index in [1.165, 1.54) is 0 Å². The summed E-state index contributed by atoms with van der Waals surface area (Å²) in [6.07, 6.45) is 0.524. The van der Waals surface area contributed by atoms with Crippen LogP contribution in [0.15, 0.2) is 18.2 Å². The van der Waals surface area contributed by atoms with Crippen molar-refractivity contribution in [3.63, 3.8) is 0 Å². The standard InChI is InChI=1S/C12H14Br2O2/c1-2-16-12-4-3-9(7-10(12)8-14)11(15)5-6-13/h3-4,7H,2,5-6,8H2,1H3.